The summed E-state index contributed by atoms with van der Waals surface area (Å²) in [5.74, 6) is 0.629. The molecule has 28 heavy (non-hydrogen) atoms. The molecule has 0 aromatic heterocycles. The molecule has 0 unspecified atom stereocenters. The van der Waals surface area contributed by atoms with Gasteiger partial charge in [-0.05, 0) is 43.5 Å². The van der Waals surface area contributed by atoms with Crippen LogP contribution in [0.5, 0.6) is 5.75 Å². The van der Waals surface area contributed by atoms with Crippen molar-refractivity contribution in [3.63, 3.8) is 0 Å². The van der Waals surface area contributed by atoms with Gasteiger partial charge in [0, 0.05) is 25.3 Å². The number of urea groups is 1. The van der Waals surface area contributed by atoms with E-state index in [9.17, 15) is 9.59 Å². The lowest BCUT2D eigenvalue weighted by atomic mass is 9.99. The molecule has 0 atom stereocenters. The number of ether oxygens (including phenoxy) is 1. The summed E-state index contributed by atoms with van der Waals surface area (Å²) in [7, 11) is 1.59. The van der Waals surface area contributed by atoms with Gasteiger partial charge in [0.1, 0.15) is 12.3 Å². The molecule has 1 fully saturated rings. The number of anilines is 2. The SMILES string of the molecule is COc1ccccc1N1CCN(CC(=O)N2CCCc3cc(C)ccc32)C1=O. The van der Waals surface area contributed by atoms with Crippen LogP contribution >= 0.6 is 0 Å². The van der Waals surface area contributed by atoms with E-state index in [1.165, 1.54) is 11.1 Å². The smallest absolute Gasteiger partial charge is 0.325 e. The molecule has 2 aliphatic heterocycles. The first-order valence-corrected chi connectivity index (χ1v) is 9.68. The molecule has 0 spiro atoms. The third-order valence-corrected chi connectivity index (χ3v) is 5.45. The number of carbonyl (C=O) groups excluding carboxylic acids is 2. The molecule has 2 aliphatic rings. The highest BCUT2D eigenvalue weighted by Gasteiger charge is 2.34. The maximum atomic E-state index is 13.0. The highest BCUT2D eigenvalue weighted by atomic mass is 16.5. The Morgan fingerprint density at radius 3 is 2.71 bits per heavy atom. The van der Waals surface area contributed by atoms with Crippen molar-refractivity contribution in [2.75, 3.05) is 43.1 Å². The lowest BCUT2D eigenvalue weighted by molar-refractivity contribution is -0.119. The predicted octanol–water partition coefficient (Wildman–Crippen LogP) is 3.23. The molecule has 0 saturated carbocycles. The first-order chi connectivity index (χ1) is 13.6. The van der Waals surface area contributed by atoms with Gasteiger partial charge in [-0.15, -0.1) is 0 Å². The Morgan fingerprint density at radius 1 is 1.07 bits per heavy atom. The molecule has 2 aromatic carbocycles. The fourth-order valence-electron chi connectivity index (χ4n) is 4.04. The summed E-state index contributed by atoms with van der Waals surface area (Å²) in [4.78, 5) is 31.0. The first-order valence-electron chi connectivity index (χ1n) is 9.68. The van der Waals surface area contributed by atoms with Crippen LogP contribution in [0.15, 0.2) is 42.5 Å². The number of rotatable bonds is 4. The van der Waals surface area contributed by atoms with Gasteiger partial charge in [-0.2, -0.15) is 0 Å². The van der Waals surface area contributed by atoms with Gasteiger partial charge in [0.15, 0.2) is 0 Å². The van der Waals surface area contributed by atoms with Gasteiger partial charge in [-0.25, -0.2) is 4.79 Å². The van der Waals surface area contributed by atoms with E-state index in [2.05, 4.69) is 13.0 Å². The molecule has 6 nitrogen and oxygen atoms in total. The number of carbonyl (C=O) groups is 2. The third kappa shape index (κ3) is 3.30. The molecule has 146 valence electrons. The van der Waals surface area contributed by atoms with Crippen molar-refractivity contribution >= 4 is 23.3 Å². The van der Waals surface area contributed by atoms with Crippen molar-refractivity contribution in [1.29, 1.82) is 0 Å². The fourth-order valence-corrected chi connectivity index (χ4v) is 4.04. The molecule has 6 heteroatoms. The first kappa shape index (κ1) is 18.3. The molecule has 2 aromatic rings. The maximum Gasteiger partial charge on any atom is 0.325 e. The molecule has 4 rings (SSSR count). The van der Waals surface area contributed by atoms with Gasteiger partial charge in [-0.1, -0.05) is 29.8 Å². The topological polar surface area (TPSA) is 53.1 Å². The third-order valence-electron chi connectivity index (χ3n) is 5.45. The second kappa shape index (κ2) is 7.54. The number of hydrogen-bond acceptors (Lipinski definition) is 3. The Kier molecular flexibility index (Phi) is 4.94. The van der Waals surface area contributed by atoms with E-state index in [4.69, 9.17) is 4.74 Å². The summed E-state index contributed by atoms with van der Waals surface area (Å²) < 4.78 is 5.38. The Hall–Kier alpha value is -3.02. The summed E-state index contributed by atoms with van der Waals surface area (Å²) in [6.45, 7) is 3.93. The molecular weight excluding hydrogens is 354 g/mol. The quantitative estimate of drug-likeness (QED) is 0.820. The van der Waals surface area contributed by atoms with Crippen molar-refractivity contribution in [2.45, 2.75) is 19.8 Å². The molecule has 0 aliphatic carbocycles. The van der Waals surface area contributed by atoms with Crippen molar-refractivity contribution in [3.05, 3.63) is 53.6 Å². The van der Waals surface area contributed by atoms with Crippen LogP contribution in [0.1, 0.15) is 17.5 Å². The van der Waals surface area contributed by atoms with Gasteiger partial charge in [0.25, 0.3) is 0 Å². The van der Waals surface area contributed by atoms with Crippen LogP contribution in [-0.2, 0) is 11.2 Å². The summed E-state index contributed by atoms with van der Waals surface area (Å²) in [5, 5.41) is 0. The number of amides is 3. The lowest BCUT2D eigenvalue weighted by Gasteiger charge is -2.31. The van der Waals surface area contributed by atoms with Crippen molar-refractivity contribution < 1.29 is 14.3 Å². The number of aryl methyl sites for hydroxylation is 2. The van der Waals surface area contributed by atoms with E-state index in [0.29, 0.717) is 25.4 Å². The second-order valence-electron chi connectivity index (χ2n) is 7.31. The monoisotopic (exact) mass is 379 g/mol. The highest BCUT2D eigenvalue weighted by molar-refractivity contribution is 6.01. The molecule has 0 radical (unpaired) electrons. The van der Waals surface area contributed by atoms with Crippen LogP contribution in [0.4, 0.5) is 16.2 Å². The standard InChI is InChI=1S/C22H25N3O3/c1-16-9-10-18-17(14-16)6-5-11-24(18)21(26)15-23-12-13-25(22(23)27)19-7-3-4-8-20(19)28-2/h3-4,7-10,14H,5-6,11-13,15H2,1-2H3. The number of fused-ring (bicyclic) bond motifs is 1. The normalized spacial score (nSPS) is 16.4. The zero-order valence-corrected chi connectivity index (χ0v) is 16.4. The van der Waals surface area contributed by atoms with Gasteiger partial charge in [-0.3, -0.25) is 9.69 Å². The Bertz CT molecular complexity index is 912. The highest BCUT2D eigenvalue weighted by Crippen LogP contribution is 2.31. The van der Waals surface area contributed by atoms with Gasteiger partial charge < -0.3 is 14.5 Å². The van der Waals surface area contributed by atoms with E-state index < -0.39 is 0 Å². The zero-order valence-electron chi connectivity index (χ0n) is 16.4. The van der Waals surface area contributed by atoms with E-state index in [1.807, 2.05) is 41.3 Å². The largest absolute Gasteiger partial charge is 0.495 e. The fraction of sp³-hybridized carbons (Fsp3) is 0.364. The molecular formula is C22H25N3O3. The number of benzene rings is 2. The van der Waals surface area contributed by atoms with Crippen LogP contribution in [0.25, 0.3) is 0 Å². The molecule has 0 N–H and O–H groups in total. The van der Waals surface area contributed by atoms with Crippen LogP contribution < -0.4 is 14.5 Å². The Balaban J connectivity index is 1.49. The zero-order chi connectivity index (χ0) is 19.7. The predicted molar refractivity (Wildman–Crippen MR) is 109 cm³/mol. The van der Waals surface area contributed by atoms with Crippen molar-refractivity contribution in [1.82, 2.24) is 4.90 Å². The second-order valence-corrected chi connectivity index (χ2v) is 7.31. The minimum Gasteiger partial charge on any atom is -0.495 e. The van der Waals surface area contributed by atoms with Crippen LogP contribution in [0, 0.1) is 6.92 Å². The molecule has 2 heterocycles. The molecule has 1 saturated heterocycles. The summed E-state index contributed by atoms with van der Waals surface area (Å²) >= 11 is 0. The minimum absolute atomic E-state index is 0.0278. The number of methoxy groups -OCH3 is 1. The Morgan fingerprint density at radius 2 is 1.89 bits per heavy atom. The van der Waals surface area contributed by atoms with Gasteiger partial charge in [0.2, 0.25) is 5.91 Å². The minimum atomic E-state index is -0.154. The number of nitrogens with zero attached hydrogens (tertiary/aromatic N) is 3. The summed E-state index contributed by atoms with van der Waals surface area (Å²) in [6.07, 6.45) is 1.94. The number of para-hydroxylation sites is 2. The van der Waals surface area contributed by atoms with Gasteiger partial charge in [0.05, 0.1) is 12.8 Å². The average molecular weight is 379 g/mol. The van der Waals surface area contributed by atoms with E-state index in [1.54, 1.807) is 16.9 Å². The van der Waals surface area contributed by atoms with E-state index in [-0.39, 0.29) is 18.5 Å². The Labute approximate surface area is 165 Å². The lowest BCUT2D eigenvalue weighted by Crippen LogP contribution is -2.44. The van der Waals surface area contributed by atoms with Crippen LogP contribution in [0.3, 0.4) is 0 Å². The molecule has 3 amide bonds. The van der Waals surface area contributed by atoms with Crippen molar-refractivity contribution in [2.24, 2.45) is 0 Å². The van der Waals surface area contributed by atoms with E-state index in [0.717, 1.165) is 24.2 Å². The van der Waals surface area contributed by atoms with E-state index >= 15 is 0 Å². The van der Waals surface area contributed by atoms with Crippen molar-refractivity contribution in [3.8, 4) is 5.75 Å². The molecule has 0 bridgehead atoms. The average Bonchev–Trinajstić information content (AvgIpc) is 3.07. The summed E-state index contributed by atoms with van der Waals surface area (Å²) in [6, 6.07) is 13.5. The number of hydrogen-bond donors (Lipinski definition) is 0. The summed E-state index contributed by atoms with van der Waals surface area (Å²) in [5.41, 5.74) is 4.14. The van der Waals surface area contributed by atoms with Crippen LogP contribution in [0.2, 0.25) is 0 Å². The van der Waals surface area contributed by atoms with Gasteiger partial charge >= 0.3 is 6.03 Å². The van der Waals surface area contributed by atoms with Crippen LogP contribution in [-0.4, -0.2) is 50.1 Å². The maximum absolute atomic E-state index is 13.0.